The molecule has 0 unspecified atom stereocenters. The Balaban J connectivity index is 1.77. The van der Waals surface area contributed by atoms with E-state index >= 15 is 0 Å². The summed E-state index contributed by atoms with van der Waals surface area (Å²) in [4.78, 5) is 6.52. The van der Waals surface area contributed by atoms with E-state index in [1.807, 2.05) is 7.05 Å². The van der Waals surface area contributed by atoms with Gasteiger partial charge in [0, 0.05) is 37.4 Å². The van der Waals surface area contributed by atoms with Crippen LogP contribution in [0.2, 0.25) is 5.02 Å². The lowest BCUT2D eigenvalue weighted by molar-refractivity contribution is 0.222. The van der Waals surface area contributed by atoms with E-state index < -0.39 is 10.0 Å². The van der Waals surface area contributed by atoms with Gasteiger partial charge in [-0.15, -0.1) is 0 Å². The lowest BCUT2D eigenvalue weighted by Gasteiger charge is -2.31. The van der Waals surface area contributed by atoms with Crippen molar-refractivity contribution in [3.8, 4) is 5.75 Å². The van der Waals surface area contributed by atoms with Crippen molar-refractivity contribution in [2.75, 3.05) is 45.7 Å². The fraction of sp³-hybridized carbons (Fsp3) is 0.353. The number of likely N-dealkylation sites (N-methyl/N-ethyl adjacent to an activating group) is 1. The van der Waals surface area contributed by atoms with E-state index in [1.165, 1.54) is 10.5 Å². The molecule has 9 heteroatoms. The summed E-state index contributed by atoms with van der Waals surface area (Å²) in [6.45, 7) is 2.42. The second kappa shape index (κ2) is 7.79. The van der Waals surface area contributed by atoms with Crippen LogP contribution in [0.1, 0.15) is 0 Å². The van der Waals surface area contributed by atoms with E-state index in [1.54, 1.807) is 37.4 Å². The minimum Gasteiger partial charge on any atom is -0.495 e. The smallest absolute Gasteiger partial charge is 0.244 e. The number of rotatable bonds is 5. The lowest BCUT2D eigenvalue weighted by atomic mass is 10.3. The number of nitrogens with one attached hydrogen (secondary N) is 1. The minimum absolute atomic E-state index is 0.186. The summed E-state index contributed by atoms with van der Waals surface area (Å²) in [6.07, 6.45) is 1.37. The summed E-state index contributed by atoms with van der Waals surface area (Å²) in [7, 11) is 0.0213. The number of ether oxygens (including phenoxy) is 1. The van der Waals surface area contributed by atoms with Crippen molar-refractivity contribution in [3.05, 3.63) is 41.6 Å². The third-order valence-corrected chi connectivity index (χ3v) is 6.38. The highest BCUT2D eigenvalue weighted by atomic mass is 35.5. The molecule has 2 heterocycles. The van der Waals surface area contributed by atoms with Crippen molar-refractivity contribution in [2.24, 2.45) is 0 Å². The van der Waals surface area contributed by atoms with E-state index in [4.69, 9.17) is 16.3 Å². The third kappa shape index (κ3) is 4.09. The number of benzene rings is 1. The molecule has 2 aromatic rings. The third-order valence-electron chi connectivity index (χ3n) is 4.26. The molecule has 26 heavy (non-hydrogen) atoms. The Morgan fingerprint density at radius 3 is 2.50 bits per heavy atom. The number of hydrogen-bond donors (Lipinski definition) is 1. The van der Waals surface area contributed by atoms with Crippen molar-refractivity contribution in [3.63, 3.8) is 0 Å². The standard InChI is InChI=1S/C17H21ClN4O3S/c1-21-7-9-22(10-8-21)26(23,24)14-4-6-17(19-12-14)20-15-11-13(18)3-5-16(15)25-2/h3-6,11-12H,7-10H2,1-2H3,(H,19,20). The first kappa shape index (κ1) is 18.9. The Hall–Kier alpha value is -1.87. The highest BCUT2D eigenvalue weighted by Crippen LogP contribution is 2.30. The first-order valence-corrected chi connectivity index (χ1v) is 9.97. The predicted molar refractivity (Wildman–Crippen MR) is 102 cm³/mol. The molecular weight excluding hydrogens is 376 g/mol. The van der Waals surface area contributed by atoms with Gasteiger partial charge in [-0.25, -0.2) is 13.4 Å². The number of aromatic nitrogens is 1. The fourth-order valence-corrected chi connectivity index (χ4v) is 4.24. The summed E-state index contributed by atoms with van der Waals surface area (Å²) in [5.74, 6) is 1.12. The van der Waals surface area contributed by atoms with Crippen molar-refractivity contribution in [1.82, 2.24) is 14.2 Å². The molecule has 1 aromatic heterocycles. The number of anilines is 2. The van der Waals surface area contributed by atoms with Crippen LogP contribution in [0.4, 0.5) is 11.5 Å². The molecule has 0 radical (unpaired) electrons. The number of pyridine rings is 1. The Labute approximate surface area is 158 Å². The van der Waals surface area contributed by atoms with Crippen molar-refractivity contribution >= 4 is 33.1 Å². The first-order valence-electron chi connectivity index (χ1n) is 8.15. The maximum absolute atomic E-state index is 12.7. The van der Waals surface area contributed by atoms with Crippen LogP contribution in [0.25, 0.3) is 0 Å². The van der Waals surface area contributed by atoms with Crippen LogP contribution in [-0.4, -0.2) is 62.9 Å². The molecule has 3 rings (SSSR count). The van der Waals surface area contributed by atoms with Crippen molar-refractivity contribution in [1.29, 1.82) is 0 Å². The van der Waals surface area contributed by atoms with Crippen LogP contribution in [0.3, 0.4) is 0 Å². The molecule has 0 atom stereocenters. The Kier molecular flexibility index (Phi) is 5.67. The number of piperazine rings is 1. The largest absolute Gasteiger partial charge is 0.495 e. The monoisotopic (exact) mass is 396 g/mol. The minimum atomic E-state index is -3.52. The number of sulfonamides is 1. The van der Waals surface area contributed by atoms with E-state index in [9.17, 15) is 8.42 Å². The molecule has 1 aliphatic rings. The number of hydrogen-bond acceptors (Lipinski definition) is 6. The molecule has 7 nitrogen and oxygen atoms in total. The second-order valence-corrected chi connectivity index (χ2v) is 8.43. The van der Waals surface area contributed by atoms with Crippen LogP contribution in [0.5, 0.6) is 5.75 Å². The van der Waals surface area contributed by atoms with Crippen LogP contribution < -0.4 is 10.1 Å². The summed E-state index contributed by atoms with van der Waals surface area (Å²) >= 11 is 6.02. The van der Waals surface area contributed by atoms with Gasteiger partial charge in [-0.2, -0.15) is 4.31 Å². The SMILES string of the molecule is COc1ccc(Cl)cc1Nc1ccc(S(=O)(=O)N2CCN(C)CC2)cn1. The summed E-state index contributed by atoms with van der Waals surface area (Å²) < 4.78 is 32.2. The Morgan fingerprint density at radius 2 is 1.88 bits per heavy atom. The molecule has 0 saturated carbocycles. The molecule has 0 spiro atoms. The lowest BCUT2D eigenvalue weighted by Crippen LogP contribution is -2.47. The van der Waals surface area contributed by atoms with E-state index in [0.29, 0.717) is 35.4 Å². The van der Waals surface area contributed by atoms with Gasteiger partial charge in [-0.05, 0) is 37.4 Å². The molecule has 0 aliphatic carbocycles. The molecule has 0 bridgehead atoms. The topological polar surface area (TPSA) is 74.8 Å². The molecule has 0 amide bonds. The van der Waals surface area contributed by atoms with E-state index in [2.05, 4.69) is 15.2 Å². The summed E-state index contributed by atoms with van der Waals surface area (Å²) in [5.41, 5.74) is 0.655. The predicted octanol–water partition coefficient (Wildman–Crippen LogP) is 2.42. The van der Waals surface area contributed by atoms with Gasteiger partial charge in [0.05, 0.1) is 12.8 Å². The first-order chi connectivity index (χ1) is 12.4. The zero-order valence-corrected chi connectivity index (χ0v) is 16.2. The zero-order chi connectivity index (χ0) is 18.7. The quantitative estimate of drug-likeness (QED) is 0.836. The van der Waals surface area contributed by atoms with Crippen LogP contribution in [0.15, 0.2) is 41.4 Å². The molecule has 1 fully saturated rings. The zero-order valence-electron chi connectivity index (χ0n) is 14.6. The molecule has 140 valence electrons. The maximum atomic E-state index is 12.7. The van der Waals surface area contributed by atoms with Gasteiger partial charge in [-0.3, -0.25) is 0 Å². The summed E-state index contributed by atoms with van der Waals surface area (Å²) in [6, 6.07) is 8.38. The molecule has 1 N–H and O–H groups in total. The van der Waals surface area contributed by atoms with Crippen LogP contribution in [0, 0.1) is 0 Å². The second-order valence-electron chi connectivity index (χ2n) is 6.06. The van der Waals surface area contributed by atoms with Gasteiger partial charge in [0.25, 0.3) is 0 Å². The van der Waals surface area contributed by atoms with E-state index in [0.717, 1.165) is 13.1 Å². The van der Waals surface area contributed by atoms with Gasteiger partial charge in [-0.1, -0.05) is 11.6 Å². The van der Waals surface area contributed by atoms with Crippen molar-refractivity contribution in [2.45, 2.75) is 4.90 Å². The number of methoxy groups -OCH3 is 1. The van der Waals surface area contributed by atoms with E-state index in [-0.39, 0.29) is 4.90 Å². The number of halogens is 1. The highest BCUT2D eigenvalue weighted by Gasteiger charge is 2.27. The Bertz CT molecular complexity index is 866. The fourth-order valence-electron chi connectivity index (χ4n) is 2.70. The molecule has 1 aromatic carbocycles. The highest BCUT2D eigenvalue weighted by molar-refractivity contribution is 7.89. The summed E-state index contributed by atoms with van der Waals surface area (Å²) in [5, 5.41) is 3.65. The van der Waals surface area contributed by atoms with Crippen molar-refractivity contribution < 1.29 is 13.2 Å². The van der Waals surface area contributed by atoms with Gasteiger partial charge < -0.3 is 15.0 Å². The number of nitrogens with zero attached hydrogens (tertiary/aromatic N) is 3. The Morgan fingerprint density at radius 1 is 1.15 bits per heavy atom. The maximum Gasteiger partial charge on any atom is 0.244 e. The van der Waals surface area contributed by atoms with Gasteiger partial charge >= 0.3 is 0 Å². The molecule has 1 aliphatic heterocycles. The molecule has 1 saturated heterocycles. The normalized spacial score (nSPS) is 16.4. The average Bonchev–Trinajstić information content (AvgIpc) is 2.63. The molecular formula is C17H21ClN4O3S. The van der Waals surface area contributed by atoms with Crippen LogP contribution >= 0.6 is 11.6 Å². The van der Waals surface area contributed by atoms with Crippen LogP contribution in [-0.2, 0) is 10.0 Å². The van der Waals surface area contributed by atoms with Gasteiger partial charge in [0.15, 0.2) is 0 Å². The van der Waals surface area contributed by atoms with Gasteiger partial charge in [0.2, 0.25) is 10.0 Å². The van der Waals surface area contributed by atoms with Gasteiger partial charge in [0.1, 0.15) is 16.5 Å². The average molecular weight is 397 g/mol.